The van der Waals surface area contributed by atoms with Crippen molar-refractivity contribution in [3.8, 4) is 11.5 Å². The van der Waals surface area contributed by atoms with Crippen LogP contribution in [0.1, 0.15) is 18.5 Å². The molecule has 4 rings (SSSR count). The number of fused-ring (bicyclic) bond motifs is 1. The van der Waals surface area contributed by atoms with Crippen LogP contribution in [0.4, 0.5) is 11.5 Å². The van der Waals surface area contributed by atoms with Gasteiger partial charge in [0.1, 0.15) is 30.3 Å². The van der Waals surface area contributed by atoms with Crippen molar-refractivity contribution in [1.29, 1.82) is 0 Å². The maximum absolute atomic E-state index is 11.4. The topological polar surface area (TPSA) is 98.3 Å². The zero-order valence-electron chi connectivity index (χ0n) is 18.6. The van der Waals surface area contributed by atoms with Crippen LogP contribution in [0.15, 0.2) is 67.1 Å². The molecule has 4 aromatic rings. The molecule has 0 radical (unpaired) electrons. The molecule has 2 heterocycles. The summed E-state index contributed by atoms with van der Waals surface area (Å²) in [6, 6.07) is 16.7. The summed E-state index contributed by atoms with van der Waals surface area (Å²) in [7, 11) is 1.62. The summed E-state index contributed by atoms with van der Waals surface area (Å²) in [5.74, 6) is 1.77. The van der Waals surface area contributed by atoms with Gasteiger partial charge in [0.05, 0.1) is 28.2 Å². The molecule has 0 aliphatic carbocycles. The summed E-state index contributed by atoms with van der Waals surface area (Å²) in [5.41, 5.74) is 2.29. The van der Waals surface area contributed by atoms with Crippen molar-refractivity contribution in [2.45, 2.75) is 19.4 Å². The minimum atomic E-state index is -0.0171. The molecule has 0 fully saturated rings. The van der Waals surface area contributed by atoms with Gasteiger partial charge in [0.2, 0.25) is 5.91 Å². The molecule has 8 nitrogen and oxygen atoms in total. The number of nitrogens with zero attached hydrogens (tertiary/aromatic N) is 3. The summed E-state index contributed by atoms with van der Waals surface area (Å²) < 4.78 is 11.8. The van der Waals surface area contributed by atoms with E-state index in [9.17, 15) is 4.79 Å². The van der Waals surface area contributed by atoms with Crippen LogP contribution in [0.5, 0.6) is 11.5 Å². The Kier molecular flexibility index (Phi) is 7.72. The van der Waals surface area contributed by atoms with Crippen molar-refractivity contribution in [1.82, 2.24) is 20.3 Å². The summed E-state index contributed by atoms with van der Waals surface area (Å²) in [4.78, 5) is 24.4. The van der Waals surface area contributed by atoms with E-state index in [-0.39, 0.29) is 5.91 Å². The summed E-state index contributed by atoms with van der Waals surface area (Å²) in [6.45, 7) is 0.722. The standard InChI is InChI=1S/C25H24ClN5O3/c1-27-23(32)9-5-13-33-22-8-4-7-20-24(22)25(30-16-29-20)31-17-10-11-21(19(26)14-17)34-15-18-6-2-3-12-28-18/h2-4,6-8,10-12,14,16H,5,9,13,15H2,1H3,(H,27,32)(H,29,30,31). The zero-order chi connectivity index (χ0) is 23.8. The van der Waals surface area contributed by atoms with Crippen LogP contribution in [0.25, 0.3) is 10.9 Å². The second kappa shape index (κ2) is 11.3. The average Bonchev–Trinajstić information content (AvgIpc) is 2.86. The van der Waals surface area contributed by atoms with Crippen LogP contribution in [-0.2, 0) is 11.4 Å². The lowest BCUT2D eigenvalue weighted by Crippen LogP contribution is -2.18. The molecule has 0 saturated carbocycles. The lowest BCUT2D eigenvalue weighted by Gasteiger charge is -2.14. The number of benzene rings is 2. The molecule has 9 heteroatoms. The smallest absolute Gasteiger partial charge is 0.219 e. The van der Waals surface area contributed by atoms with Gasteiger partial charge in [0.15, 0.2) is 0 Å². The highest BCUT2D eigenvalue weighted by atomic mass is 35.5. The summed E-state index contributed by atoms with van der Waals surface area (Å²) in [6.07, 6.45) is 4.21. The highest BCUT2D eigenvalue weighted by Gasteiger charge is 2.12. The molecule has 2 N–H and O–H groups in total. The zero-order valence-corrected chi connectivity index (χ0v) is 19.4. The van der Waals surface area contributed by atoms with Gasteiger partial charge in [0, 0.05) is 25.4 Å². The number of rotatable bonds is 10. The third kappa shape index (κ3) is 5.90. The minimum absolute atomic E-state index is 0.0171. The van der Waals surface area contributed by atoms with Gasteiger partial charge in [0.25, 0.3) is 0 Å². The number of amides is 1. The van der Waals surface area contributed by atoms with E-state index in [2.05, 4.69) is 25.6 Å². The first-order chi connectivity index (χ1) is 16.6. The Labute approximate surface area is 202 Å². The first kappa shape index (κ1) is 23.3. The predicted molar refractivity (Wildman–Crippen MR) is 132 cm³/mol. The van der Waals surface area contributed by atoms with E-state index in [1.807, 2.05) is 42.5 Å². The minimum Gasteiger partial charge on any atom is -0.493 e. The Hall–Kier alpha value is -3.91. The Balaban J connectivity index is 1.49. The SMILES string of the molecule is CNC(=O)CCCOc1cccc2ncnc(Nc3ccc(OCc4ccccn4)c(Cl)c3)c12. The first-order valence-corrected chi connectivity index (χ1v) is 11.2. The van der Waals surface area contributed by atoms with Gasteiger partial charge in [-0.2, -0.15) is 0 Å². The Morgan fingerprint density at radius 2 is 1.91 bits per heavy atom. The van der Waals surface area contributed by atoms with Gasteiger partial charge >= 0.3 is 0 Å². The van der Waals surface area contributed by atoms with E-state index in [1.54, 1.807) is 25.4 Å². The second-order valence-corrected chi connectivity index (χ2v) is 7.78. The molecule has 0 aliphatic heterocycles. The number of hydrogen-bond donors (Lipinski definition) is 2. The Morgan fingerprint density at radius 1 is 1.00 bits per heavy atom. The monoisotopic (exact) mass is 477 g/mol. The number of aromatic nitrogens is 3. The lowest BCUT2D eigenvalue weighted by molar-refractivity contribution is -0.120. The molecule has 0 spiro atoms. The maximum Gasteiger partial charge on any atom is 0.219 e. The molecule has 2 aromatic carbocycles. The molecule has 0 unspecified atom stereocenters. The number of pyridine rings is 1. The van der Waals surface area contributed by atoms with Crippen molar-refractivity contribution in [3.63, 3.8) is 0 Å². The number of hydrogen-bond acceptors (Lipinski definition) is 7. The Morgan fingerprint density at radius 3 is 2.71 bits per heavy atom. The molecule has 2 aromatic heterocycles. The number of anilines is 2. The predicted octanol–water partition coefficient (Wildman–Crippen LogP) is 4.91. The highest BCUT2D eigenvalue weighted by molar-refractivity contribution is 6.32. The van der Waals surface area contributed by atoms with Crippen LogP contribution in [0.2, 0.25) is 5.02 Å². The van der Waals surface area contributed by atoms with Gasteiger partial charge < -0.3 is 20.1 Å². The van der Waals surface area contributed by atoms with Crippen molar-refractivity contribution >= 4 is 39.9 Å². The maximum atomic E-state index is 11.4. The third-order valence-electron chi connectivity index (χ3n) is 5.01. The van der Waals surface area contributed by atoms with Gasteiger partial charge in [-0.25, -0.2) is 9.97 Å². The molecular weight excluding hydrogens is 454 g/mol. The number of ether oxygens (including phenoxy) is 2. The van der Waals surface area contributed by atoms with E-state index in [1.165, 1.54) is 6.33 Å². The van der Waals surface area contributed by atoms with Crippen LogP contribution in [-0.4, -0.2) is 34.5 Å². The van der Waals surface area contributed by atoms with Crippen LogP contribution < -0.4 is 20.1 Å². The normalized spacial score (nSPS) is 10.6. The van der Waals surface area contributed by atoms with Gasteiger partial charge in [-0.3, -0.25) is 9.78 Å². The third-order valence-corrected chi connectivity index (χ3v) is 5.30. The number of nitrogens with one attached hydrogen (secondary N) is 2. The molecule has 34 heavy (non-hydrogen) atoms. The second-order valence-electron chi connectivity index (χ2n) is 7.38. The summed E-state index contributed by atoms with van der Waals surface area (Å²) in [5, 5.41) is 7.12. The lowest BCUT2D eigenvalue weighted by atomic mass is 10.2. The Bertz CT molecular complexity index is 1260. The molecular formula is C25H24ClN5O3. The van der Waals surface area contributed by atoms with Crippen LogP contribution in [0, 0.1) is 0 Å². The van der Waals surface area contributed by atoms with E-state index in [0.29, 0.717) is 48.4 Å². The fourth-order valence-electron chi connectivity index (χ4n) is 3.30. The van der Waals surface area contributed by atoms with Crippen molar-refractivity contribution in [3.05, 3.63) is 77.8 Å². The van der Waals surface area contributed by atoms with Crippen molar-refractivity contribution in [2.75, 3.05) is 19.0 Å². The number of carbonyl (C=O) groups excluding carboxylic acids is 1. The van der Waals surface area contributed by atoms with Crippen LogP contribution in [0.3, 0.4) is 0 Å². The van der Waals surface area contributed by atoms with E-state index in [0.717, 1.165) is 22.3 Å². The summed E-state index contributed by atoms with van der Waals surface area (Å²) >= 11 is 6.46. The van der Waals surface area contributed by atoms with Gasteiger partial charge in [-0.05, 0) is 48.9 Å². The van der Waals surface area contributed by atoms with E-state index >= 15 is 0 Å². The highest BCUT2D eigenvalue weighted by Crippen LogP contribution is 2.34. The van der Waals surface area contributed by atoms with Crippen LogP contribution >= 0.6 is 11.6 Å². The average molecular weight is 478 g/mol. The fourth-order valence-corrected chi connectivity index (χ4v) is 3.54. The van der Waals surface area contributed by atoms with E-state index < -0.39 is 0 Å². The molecule has 174 valence electrons. The molecule has 0 aliphatic rings. The first-order valence-electron chi connectivity index (χ1n) is 10.8. The fraction of sp³-hybridized carbons (Fsp3) is 0.200. The van der Waals surface area contributed by atoms with Crippen molar-refractivity contribution < 1.29 is 14.3 Å². The van der Waals surface area contributed by atoms with Gasteiger partial charge in [-0.15, -0.1) is 0 Å². The molecule has 0 saturated heterocycles. The molecule has 0 atom stereocenters. The number of carbonyl (C=O) groups is 1. The quantitative estimate of drug-likeness (QED) is 0.313. The van der Waals surface area contributed by atoms with Gasteiger partial charge in [-0.1, -0.05) is 23.7 Å². The van der Waals surface area contributed by atoms with E-state index in [4.69, 9.17) is 21.1 Å². The largest absolute Gasteiger partial charge is 0.493 e. The number of halogens is 1. The molecule has 0 bridgehead atoms. The molecule has 1 amide bonds. The van der Waals surface area contributed by atoms with Crippen molar-refractivity contribution in [2.24, 2.45) is 0 Å².